The van der Waals surface area contributed by atoms with Crippen LogP contribution < -0.4 is 10.6 Å². The lowest BCUT2D eigenvalue weighted by molar-refractivity contribution is -0.126. The van der Waals surface area contributed by atoms with E-state index in [-0.39, 0.29) is 37.0 Å². The molecule has 0 aliphatic carbocycles. The molecule has 0 saturated carbocycles. The highest BCUT2D eigenvalue weighted by atomic mass is 127. The van der Waals surface area contributed by atoms with E-state index < -0.39 is 0 Å². The van der Waals surface area contributed by atoms with Crippen LogP contribution in [0.1, 0.15) is 30.1 Å². The summed E-state index contributed by atoms with van der Waals surface area (Å²) in [5, 5.41) is 5.05. The first-order chi connectivity index (χ1) is 9.52. The Labute approximate surface area is 131 Å². The molecule has 5 nitrogen and oxygen atoms in total. The van der Waals surface area contributed by atoms with Gasteiger partial charge in [-0.25, -0.2) is 0 Å². The molecule has 0 spiro atoms. The fourth-order valence-corrected chi connectivity index (χ4v) is 1.89. The second kappa shape index (κ2) is 8.68. The fourth-order valence-electron chi connectivity index (χ4n) is 1.53. The van der Waals surface area contributed by atoms with Crippen molar-refractivity contribution in [3.05, 3.63) is 33.4 Å². The molecular weight excluding hydrogens is 371 g/mol. The Bertz CT molecular complexity index is 486. The molecular formula is C14H17IN2O3. The van der Waals surface area contributed by atoms with E-state index in [0.717, 1.165) is 3.57 Å². The molecule has 20 heavy (non-hydrogen) atoms. The average Bonchev–Trinajstić information content (AvgIpc) is 2.43. The minimum Gasteiger partial charge on any atom is -0.355 e. The van der Waals surface area contributed by atoms with Gasteiger partial charge in [-0.2, -0.15) is 0 Å². The average molecular weight is 388 g/mol. The Morgan fingerprint density at radius 2 is 1.65 bits per heavy atom. The molecule has 0 atom stereocenters. The van der Waals surface area contributed by atoms with Crippen LogP contribution in [0.4, 0.5) is 0 Å². The first kappa shape index (κ1) is 16.6. The third-order valence-electron chi connectivity index (χ3n) is 2.57. The summed E-state index contributed by atoms with van der Waals surface area (Å²) in [4.78, 5) is 34.5. The molecule has 0 radical (unpaired) electrons. The predicted octanol–water partition coefficient (Wildman–Crippen LogP) is 1.51. The van der Waals surface area contributed by atoms with E-state index in [2.05, 4.69) is 33.2 Å². The van der Waals surface area contributed by atoms with Gasteiger partial charge < -0.3 is 10.6 Å². The van der Waals surface area contributed by atoms with E-state index >= 15 is 0 Å². The maximum absolute atomic E-state index is 11.8. The Balaban J connectivity index is 2.32. The van der Waals surface area contributed by atoms with E-state index in [9.17, 15) is 14.4 Å². The molecule has 1 aromatic carbocycles. The van der Waals surface area contributed by atoms with E-state index in [0.29, 0.717) is 12.1 Å². The highest BCUT2D eigenvalue weighted by Gasteiger charge is 2.10. The van der Waals surface area contributed by atoms with Gasteiger partial charge in [0.2, 0.25) is 11.8 Å². The van der Waals surface area contributed by atoms with Crippen molar-refractivity contribution in [3.8, 4) is 0 Å². The molecule has 0 bridgehead atoms. The summed E-state index contributed by atoms with van der Waals surface area (Å²) < 4.78 is 1.05. The molecule has 6 heteroatoms. The fraction of sp³-hybridized carbons (Fsp3) is 0.357. The molecule has 0 saturated heterocycles. The Hall–Kier alpha value is -1.44. The molecule has 0 fully saturated rings. The third kappa shape index (κ3) is 6.14. The van der Waals surface area contributed by atoms with Gasteiger partial charge in [0.15, 0.2) is 5.78 Å². The molecule has 0 aliphatic heterocycles. The summed E-state index contributed by atoms with van der Waals surface area (Å²) >= 11 is 2.16. The quantitative estimate of drug-likeness (QED) is 0.549. The van der Waals surface area contributed by atoms with Gasteiger partial charge in [-0.15, -0.1) is 0 Å². The number of hydrogen-bond donors (Lipinski definition) is 2. The summed E-state index contributed by atoms with van der Waals surface area (Å²) in [7, 11) is 0. The zero-order chi connectivity index (χ0) is 15.0. The van der Waals surface area contributed by atoms with Gasteiger partial charge in [-0.1, -0.05) is 12.1 Å². The van der Waals surface area contributed by atoms with Gasteiger partial charge in [0, 0.05) is 28.5 Å². The Morgan fingerprint density at radius 1 is 1.00 bits per heavy atom. The largest absolute Gasteiger partial charge is 0.355 e. The van der Waals surface area contributed by atoms with E-state index in [1.54, 1.807) is 19.1 Å². The van der Waals surface area contributed by atoms with Crippen LogP contribution in [0.2, 0.25) is 0 Å². The predicted molar refractivity (Wildman–Crippen MR) is 84.4 cm³/mol. The summed E-state index contributed by atoms with van der Waals surface area (Å²) in [6.07, 6.45) is 0.228. The van der Waals surface area contributed by atoms with E-state index in [1.807, 2.05) is 12.1 Å². The van der Waals surface area contributed by atoms with Crippen molar-refractivity contribution in [2.24, 2.45) is 0 Å². The Morgan fingerprint density at radius 3 is 2.25 bits per heavy atom. The number of Topliss-reactive ketones (excluding diaryl/α,β-unsaturated/α-hetero) is 1. The number of rotatable bonds is 7. The zero-order valence-electron chi connectivity index (χ0n) is 11.2. The first-order valence-electron chi connectivity index (χ1n) is 6.35. The van der Waals surface area contributed by atoms with Gasteiger partial charge in [0.1, 0.15) is 0 Å². The van der Waals surface area contributed by atoms with Gasteiger partial charge in [0.25, 0.3) is 0 Å². The number of hydrogen-bond acceptors (Lipinski definition) is 3. The van der Waals surface area contributed by atoms with Crippen molar-refractivity contribution in [3.63, 3.8) is 0 Å². The van der Waals surface area contributed by atoms with Crippen molar-refractivity contribution in [1.29, 1.82) is 0 Å². The number of nitrogens with one attached hydrogen (secondary N) is 2. The molecule has 1 rings (SSSR count). The summed E-state index contributed by atoms with van der Waals surface area (Å²) in [6.45, 7) is 2.28. The van der Waals surface area contributed by atoms with Crippen LogP contribution in [-0.2, 0) is 9.59 Å². The van der Waals surface area contributed by atoms with Crippen molar-refractivity contribution in [2.75, 3.05) is 13.1 Å². The second-order valence-electron chi connectivity index (χ2n) is 4.16. The Kier molecular flexibility index (Phi) is 7.21. The second-order valence-corrected chi connectivity index (χ2v) is 5.41. The molecule has 0 heterocycles. The lowest BCUT2D eigenvalue weighted by Gasteiger charge is -2.05. The van der Waals surface area contributed by atoms with Crippen LogP contribution in [0.25, 0.3) is 0 Å². The van der Waals surface area contributed by atoms with Gasteiger partial charge in [-0.3, -0.25) is 14.4 Å². The lowest BCUT2D eigenvalue weighted by atomic mass is 10.1. The van der Waals surface area contributed by atoms with Crippen molar-refractivity contribution in [1.82, 2.24) is 10.6 Å². The maximum atomic E-state index is 11.8. The highest BCUT2D eigenvalue weighted by molar-refractivity contribution is 14.1. The number of carbonyl (C=O) groups excluding carboxylic acids is 3. The number of halogens is 1. The topological polar surface area (TPSA) is 75.3 Å². The molecule has 1 aromatic rings. The standard InChI is InChI=1S/C14H17IN2O3/c1-2-16-14(20)9-17-13(19)8-7-12(18)10-3-5-11(15)6-4-10/h3-6H,2,7-9H2,1H3,(H,16,20)(H,17,19). The monoisotopic (exact) mass is 388 g/mol. The van der Waals surface area contributed by atoms with E-state index in [1.165, 1.54) is 0 Å². The van der Waals surface area contributed by atoms with Crippen LogP contribution >= 0.6 is 22.6 Å². The van der Waals surface area contributed by atoms with Gasteiger partial charge in [0.05, 0.1) is 6.54 Å². The minimum absolute atomic E-state index is 0.0512. The highest BCUT2D eigenvalue weighted by Crippen LogP contribution is 2.09. The zero-order valence-corrected chi connectivity index (χ0v) is 13.4. The van der Waals surface area contributed by atoms with Crippen molar-refractivity contribution < 1.29 is 14.4 Å². The number of ketones is 1. The SMILES string of the molecule is CCNC(=O)CNC(=O)CCC(=O)c1ccc(I)cc1. The van der Waals surface area contributed by atoms with Crippen molar-refractivity contribution in [2.45, 2.75) is 19.8 Å². The summed E-state index contributed by atoms with van der Waals surface area (Å²) in [5.41, 5.74) is 0.599. The van der Waals surface area contributed by atoms with Crippen LogP contribution in [0.3, 0.4) is 0 Å². The van der Waals surface area contributed by atoms with Crippen LogP contribution in [-0.4, -0.2) is 30.7 Å². The van der Waals surface area contributed by atoms with Crippen LogP contribution in [0, 0.1) is 3.57 Å². The van der Waals surface area contributed by atoms with Gasteiger partial charge >= 0.3 is 0 Å². The minimum atomic E-state index is -0.296. The third-order valence-corrected chi connectivity index (χ3v) is 3.28. The maximum Gasteiger partial charge on any atom is 0.239 e. The smallest absolute Gasteiger partial charge is 0.239 e. The number of benzene rings is 1. The summed E-state index contributed by atoms with van der Waals surface area (Å²) in [5.74, 6) is -0.602. The van der Waals surface area contributed by atoms with Crippen LogP contribution in [0.15, 0.2) is 24.3 Å². The summed E-state index contributed by atoms with van der Waals surface area (Å²) in [6, 6.07) is 7.19. The number of likely N-dealkylation sites (N-methyl/N-ethyl adjacent to an activating group) is 1. The molecule has 0 aliphatic rings. The number of amides is 2. The van der Waals surface area contributed by atoms with Crippen LogP contribution in [0.5, 0.6) is 0 Å². The molecule has 2 N–H and O–H groups in total. The lowest BCUT2D eigenvalue weighted by Crippen LogP contribution is -2.36. The van der Waals surface area contributed by atoms with Gasteiger partial charge in [-0.05, 0) is 41.6 Å². The van der Waals surface area contributed by atoms with Crippen molar-refractivity contribution >= 4 is 40.2 Å². The molecule has 2 amide bonds. The molecule has 0 unspecified atom stereocenters. The molecule has 0 aromatic heterocycles. The molecule has 108 valence electrons. The normalized spacial score (nSPS) is 9.90. The first-order valence-corrected chi connectivity index (χ1v) is 7.43. The van der Waals surface area contributed by atoms with E-state index in [4.69, 9.17) is 0 Å². The number of carbonyl (C=O) groups is 3.